The van der Waals surface area contributed by atoms with Gasteiger partial charge in [0.1, 0.15) is 22.8 Å². The average molecular weight is 472 g/mol. The van der Waals surface area contributed by atoms with Gasteiger partial charge < -0.3 is 18.6 Å². The van der Waals surface area contributed by atoms with E-state index in [1.807, 2.05) is 19.9 Å². The fourth-order valence-electron chi connectivity index (χ4n) is 3.44. The highest BCUT2D eigenvalue weighted by atomic mass is 16.5. The Hall–Kier alpha value is -4.39. The number of carbonyl (C=O) groups excluding carboxylic acids is 2. The van der Waals surface area contributed by atoms with Crippen molar-refractivity contribution in [3.8, 4) is 17.2 Å². The molecule has 7 heteroatoms. The summed E-state index contributed by atoms with van der Waals surface area (Å²) >= 11 is 0. The summed E-state index contributed by atoms with van der Waals surface area (Å²) in [4.78, 5) is 37.5. The van der Waals surface area contributed by atoms with Crippen LogP contribution in [0.4, 0.5) is 0 Å². The van der Waals surface area contributed by atoms with Gasteiger partial charge in [0, 0.05) is 6.07 Å². The van der Waals surface area contributed by atoms with Crippen molar-refractivity contribution in [3.63, 3.8) is 0 Å². The molecule has 0 aliphatic carbocycles. The van der Waals surface area contributed by atoms with Crippen LogP contribution in [0.5, 0.6) is 17.2 Å². The number of esters is 2. The number of hydrogen-bond acceptors (Lipinski definition) is 7. The lowest BCUT2D eigenvalue weighted by molar-refractivity contribution is 0.0504. The normalized spacial score (nSPS) is 10.7. The number of ether oxygens (including phenoxy) is 3. The molecule has 0 N–H and O–H groups in total. The van der Waals surface area contributed by atoms with Crippen LogP contribution in [-0.2, 0) is 4.74 Å². The molecule has 0 saturated heterocycles. The van der Waals surface area contributed by atoms with Gasteiger partial charge in [0.25, 0.3) is 0 Å². The summed E-state index contributed by atoms with van der Waals surface area (Å²) in [5, 5.41) is 0.278. The Morgan fingerprint density at radius 3 is 2.31 bits per heavy atom. The lowest BCUT2D eigenvalue weighted by Crippen LogP contribution is -2.10. The van der Waals surface area contributed by atoms with E-state index in [9.17, 15) is 14.4 Å². The molecule has 0 bridgehead atoms. The highest BCUT2D eigenvalue weighted by Crippen LogP contribution is 2.28. The molecule has 0 atom stereocenters. The van der Waals surface area contributed by atoms with Crippen molar-refractivity contribution in [2.24, 2.45) is 0 Å². The van der Waals surface area contributed by atoms with Crippen LogP contribution in [-0.4, -0.2) is 18.5 Å². The molecular weight excluding hydrogens is 448 g/mol. The third-order valence-electron chi connectivity index (χ3n) is 5.20. The first-order chi connectivity index (χ1) is 16.9. The maximum Gasteiger partial charge on any atom is 0.343 e. The third kappa shape index (κ3) is 5.41. The van der Waals surface area contributed by atoms with E-state index in [1.165, 1.54) is 18.2 Å². The Balaban J connectivity index is 1.55. The summed E-state index contributed by atoms with van der Waals surface area (Å²) in [5.74, 6) is -0.00604. The van der Waals surface area contributed by atoms with Gasteiger partial charge in [0.05, 0.1) is 23.1 Å². The first-order valence-corrected chi connectivity index (χ1v) is 11.2. The number of carbonyl (C=O) groups is 2. The van der Waals surface area contributed by atoms with Gasteiger partial charge in [-0.05, 0) is 68.8 Å². The quantitative estimate of drug-likeness (QED) is 0.241. The average Bonchev–Trinajstić information content (AvgIpc) is 2.85. The van der Waals surface area contributed by atoms with Gasteiger partial charge in [-0.2, -0.15) is 0 Å². The summed E-state index contributed by atoms with van der Waals surface area (Å²) in [6, 6.07) is 17.9. The van der Waals surface area contributed by atoms with Crippen molar-refractivity contribution in [3.05, 3.63) is 99.4 Å². The minimum atomic E-state index is -0.505. The second-order valence-corrected chi connectivity index (χ2v) is 8.00. The van der Waals surface area contributed by atoms with Gasteiger partial charge in [-0.3, -0.25) is 4.79 Å². The third-order valence-corrected chi connectivity index (χ3v) is 5.20. The first-order valence-electron chi connectivity index (χ1n) is 11.2. The Kier molecular flexibility index (Phi) is 6.96. The highest BCUT2D eigenvalue weighted by Gasteiger charge is 2.16. The van der Waals surface area contributed by atoms with Crippen molar-refractivity contribution < 1.29 is 28.2 Å². The Bertz CT molecular complexity index is 1450. The molecule has 0 aliphatic heterocycles. The Morgan fingerprint density at radius 2 is 1.60 bits per heavy atom. The molecule has 1 aromatic heterocycles. The van der Waals surface area contributed by atoms with E-state index in [0.29, 0.717) is 23.5 Å². The summed E-state index contributed by atoms with van der Waals surface area (Å²) < 4.78 is 22.2. The van der Waals surface area contributed by atoms with Gasteiger partial charge in [0.2, 0.25) is 11.2 Å². The van der Waals surface area contributed by atoms with Gasteiger partial charge in [0.15, 0.2) is 0 Å². The van der Waals surface area contributed by atoms with Crippen LogP contribution in [0.1, 0.15) is 45.4 Å². The van der Waals surface area contributed by atoms with Crippen LogP contribution in [0.3, 0.4) is 0 Å². The molecular formula is C28H24O7. The minimum absolute atomic E-state index is 0.0308. The molecule has 0 amide bonds. The lowest BCUT2D eigenvalue weighted by Gasteiger charge is -2.10. The number of benzene rings is 3. The van der Waals surface area contributed by atoms with Crippen LogP contribution in [0.15, 0.2) is 75.9 Å². The van der Waals surface area contributed by atoms with Crippen LogP contribution in [0.2, 0.25) is 0 Å². The van der Waals surface area contributed by atoms with Crippen LogP contribution >= 0.6 is 0 Å². The molecule has 1 heterocycles. The zero-order valence-electron chi connectivity index (χ0n) is 19.6. The van der Waals surface area contributed by atoms with E-state index >= 15 is 0 Å². The number of aryl methyl sites for hydroxylation is 2. The number of rotatable bonds is 7. The van der Waals surface area contributed by atoms with Gasteiger partial charge in [-0.15, -0.1) is 0 Å². The van der Waals surface area contributed by atoms with Gasteiger partial charge in [-0.25, -0.2) is 9.59 Å². The largest absolute Gasteiger partial charge is 0.462 e. The smallest absolute Gasteiger partial charge is 0.343 e. The molecule has 0 unspecified atom stereocenters. The Morgan fingerprint density at radius 1 is 0.857 bits per heavy atom. The second-order valence-electron chi connectivity index (χ2n) is 8.00. The summed E-state index contributed by atoms with van der Waals surface area (Å²) in [6.45, 7) is 5.76. The highest BCUT2D eigenvalue weighted by molar-refractivity contribution is 5.92. The van der Waals surface area contributed by atoms with Crippen molar-refractivity contribution in [1.82, 2.24) is 0 Å². The van der Waals surface area contributed by atoms with Gasteiger partial charge in [-0.1, -0.05) is 24.6 Å². The molecule has 4 aromatic rings. The number of hydrogen-bond donors (Lipinski definition) is 0. The van der Waals surface area contributed by atoms with E-state index < -0.39 is 11.9 Å². The summed E-state index contributed by atoms with van der Waals surface area (Å²) in [6.07, 6.45) is 0.737. The van der Waals surface area contributed by atoms with E-state index in [0.717, 1.165) is 12.0 Å². The molecule has 0 radical (unpaired) electrons. The monoisotopic (exact) mass is 472 g/mol. The maximum absolute atomic E-state index is 13.1. The zero-order chi connectivity index (χ0) is 24.9. The molecule has 0 saturated carbocycles. The number of fused-ring (bicyclic) bond motifs is 1. The topological polar surface area (TPSA) is 92.0 Å². The first kappa shape index (κ1) is 23.8. The lowest BCUT2D eigenvalue weighted by atomic mass is 10.1. The minimum Gasteiger partial charge on any atom is -0.462 e. The molecule has 0 spiro atoms. The Labute approximate surface area is 201 Å². The molecule has 4 rings (SSSR count). The van der Waals surface area contributed by atoms with E-state index in [2.05, 4.69) is 0 Å². The second kappa shape index (κ2) is 10.3. The standard InChI is InChI=1S/C28H24O7/c1-4-14-32-27(30)19-8-10-21(11-9-19)34-26-18(3)33-24-16-22(12-13-23(24)25(26)29)35-28(31)20-7-5-6-17(2)15-20/h5-13,15-16H,4,14H2,1-3H3. The molecule has 178 valence electrons. The van der Waals surface area contributed by atoms with Crippen LogP contribution in [0, 0.1) is 13.8 Å². The van der Waals surface area contributed by atoms with Crippen molar-refractivity contribution in [2.75, 3.05) is 6.61 Å². The fourth-order valence-corrected chi connectivity index (χ4v) is 3.44. The predicted octanol–water partition coefficient (Wildman–Crippen LogP) is 5.99. The van der Waals surface area contributed by atoms with Crippen LogP contribution in [0.25, 0.3) is 11.0 Å². The molecule has 7 nitrogen and oxygen atoms in total. The van der Waals surface area contributed by atoms with Crippen molar-refractivity contribution in [2.45, 2.75) is 27.2 Å². The van der Waals surface area contributed by atoms with Gasteiger partial charge >= 0.3 is 11.9 Å². The van der Waals surface area contributed by atoms with E-state index in [-0.39, 0.29) is 33.7 Å². The molecule has 3 aromatic carbocycles. The SMILES string of the molecule is CCCOC(=O)c1ccc(Oc2c(C)oc3cc(OC(=O)c4cccc(C)c4)ccc3c2=O)cc1. The van der Waals surface area contributed by atoms with Crippen molar-refractivity contribution >= 4 is 22.9 Å². The maximum atomic E-state index is 13.1. The predicted molar refractivity (Wildman–Crippen MR) is 130 cm³/mol. The van der Waals surface area contributed by atoms with Crippen molar-refractivity contribution in [1.29, 1.82) is 0 Å². The fraction of sp³-hybridized carbons (Fsp3) is 0.179. The summed E-state index contributed by atoms with van der Waals surface area (Å²) in [5.41, 5.74) is 1.66. The van der Waals surface area contributed by atoms with Crippen LogP contribution < -0.4 is 14.9 Å². The van der Waals surface area contributed by atoms with E-state index in [1.54, 1.807) is 49.4 Å². The summed E-state index contributed by atoms with van der Waals surface area (Å²) in [7, 11) is 0. The zero-order valence-corrected chi connectivity index (χ0v) is 19.6. The molecule has 0 aliphatic rings. The van der Waals surface area contributed by atoms with E-state index in [4.69, 9.17) is 18.6 Å². The molecule has 0 fully saturated rings. The molecule has 35 heavy (non-hydrogen) atoms.